The second-order valence-electron chi connectivity index (χ2n) is 7.57. The summed E-state index contributed by atoms with van der Waals surface area (Å²) in [6.45, 7) is 4.79. The molecule has 2 unspecified atom stereocenters. The molecule has 0 saturated carbocycles. The summed E-state index contributed by atoms with van der Waals surface area (Å²) in [5, 5.41) is 0. The van der Waals surface area contributed by atoms with Crippen LogP contribution < -0.4 is 20.5 Å². The number of morpholine rings is 1. The van der Waals surface area contributed by atoms with Gasteiger partial charge in [0.25, 0.3) is 0 Å². The highest BCUT2D eigenvalue weighted by atomic mass is 16.5. The lowest BCUT2D eigenvalue weighted by molar-refractivity contribution is 0.0317. The molecule has 3 heterocycles. The molecule has 1 saturated heterocycles. The van der Waals surface area contributed by atoms with Crippen LogP contribution >= 0.6 is 0 Å². The highest BCUT2D eigenvalue weighted by molar-refractivity contribution is 5.83. The fraction of sp³-hybridized carbons (Fsp3) is 0.476. The van der Waals surface area contributed by atoms with Crippen molar-refractivity contribution in [2.75, 3.05) is 63.9 Å². The molecule has 2 aliphatic heterocycles. The molecule has 1 aromatic heterocycles. The molecule has 1 aromatic rings. The minimum atomic E-state index is 0.203. The van der Waals surface area contributed by atoms with Crippen molar-refractivity contribution in [2.45, 2.75) is 6.04 Å². The zero-order valence-electron chi connectivity index (χ0n) is 17.5. The Labute approximate surface area is 177 Å². The number of nitrogens with zero attached hydrogens (tertiary/aromatic N) is 5. The predicted molar refractivity (Wildman–Crippen MR) is 118 cm³/mol. The van der Waals surface area contributed by atoms with E-state index in [2.05, 4.69) is 48.9 Å². The fourth-order valence-electron chi connectivity index (χ4n) is 3.49. The quantitative estimate of drug-likeness (QED) is 0.618. The minimum absolute atomic E-state index is 0.203. The summed E-state index contributed by atoms with van der Waals surface area (Å²) in [5.74, 6) is 1.69. The van der Waals surface area contributed by atoms with Gasteiger partial charge in [0.2, 0.25) is 0 Å². The van der Waals surface area contributed by atoms with Gasteiger partial charge in [0.1, 0.15) is 12.4 Å². The Hall–Kier alpha value is -2.91. The molecule has 1 aliphatic carbocycles. The van der Waals surface area contributed by atoms with Crippen LogP contribution in [-0.2, 0) is 4.74 Å². The standard InChI is InChI=1S/C21H29N7O2/c1-27(2)20-13-19(24-21(25-20)30-12-9-28-7-10-29-11-8-28)26-23-15-16-14-22-18-6-4-3-5-17(16)18/h3-6,13-15,17-18,23H,7-12H2,1-2H3,(H,24,25,26). The molecule has 2 N–H and O–H groups in total. The molecule has 0 bridgehead atoms. The molecule has 9 nitrogen and oxygen atoms in total. The van der Waals surface area contributed by atoms with E-state index in [1.54, 1.807) is 0 Å². The summed E-state index contributed by atoms with van der Waals surface area (Å²) in [6.07, 6.45) is 12.2. The van der Waals surface area contributed by atoms with Gasteiger partial charge in [-0.3, -0.25) is 15.3 Å². The third-order valence-electron chi connectivity index (χ3n) is 5.22. The van der Waals surface area contributed by atoms with Crippen molar-refractivity contribution < 1.29 is 9.47 Å². The Balaban J connectivity index is 1.35. The van der Waals surface area contributed by atoms with Gasteiger partial charge in [-0.25, -0.2) is 0 Å². The minimum Gasteiger partial charge on any atom is -0.462 e. The molecule has 30 heavy (non-hydrogen) atoms. The number of nitrogens with one attached hydrogen (secondary N) is 2. The van der Waals surface area contributed by atoms with E-state index in [1.807, 2.05) is 43.6 Å². The van der Waals surface area contributed by atoms with Crippen molar-refractivity contribution in [3.8, 4) is 6.01 Å². The highest BCUT2D eigenvalue weighted by Gasteiger charge is 2.25. The zero-order chi connectivity index (χ0) is 20.8. The topological polar surface area (TPSA) is 87.1 Å². The van der Waals surface area contributed by atoms with E-state index in [0.717, 1.165) is 44.2 Å². The van der Waals surface area contributed by atoms with E-state index in [-0.39, 0.29) is 12.0 Å². The molecule has 0 radical (unpaired) electrons. The van der Waals surface area contributed by atoms with Crippen LogP contribution in [0.5, 0.6) is 6.01 Å². The number of hydrogen-bond acceptors (Lipinski definition) is 9. The van der Waals surface area contributed by atoms with Crippen LogP contribution in [0, 0.1) is 5.92 Å². The Bertz CT molecular complexity index is 844. The Morgan fingerprint density at radius 3 is 2.90 bits per heavy atom. The maximum absolute atomic E-state index is 5.84. The first kappa shape index (κ1) is 20.4. The molecular weight excluding hydrogens is 382 g/mol. The molecule has 0 spiro atoms. The van der Waals surface area contributed by atoms with Gasteiger partial charge in [-0.1, -0.05) is 24.3 Å². The molecule has 160 valence electrons. The fourth-order valence-corrected chi connectivity index (χ4v) is 3.49. The van der Waals surface area contributed by atoms with Crippen LogP contribution in [0.1, 0.15) is 0 Å². The van der Waals surface area contributed by atoms with E-state index in [4.69, 9.17) is 9.47 Å². The lowest BCUT2D eigenvalue weighted by atomic mass is 9.92. The smallest absolute Gasteiger partial charge is 0.320 e. The van der Waals surface area contributed by atoms with Crippen LogP contribution in [0.3, 0.4) is 0 Å². The number of rotatable bonds is 8. The summed E-state index contributed by atoms with van der Waals surface area (Å²) in [7, 11) is 3.88. The SMILES string of the molecule is CN(C)c1cc(NNC=C2C=NC3C=CC=CC23)nc(OCCN2CCOCC2)n1. The maximum atomic E-state index is 5.84. The van der Waals surface area contributed by atoms with Gasteiger partial charge < -0.3 is 19.8 Å². The maximum Gasteiger partial charge on any atom is 0.320 e. The number of ether oxygens (including phenoxy) is 2. The lowest BCUT2D eigenvalue weighted by Gasteiger charge is -2.26. The van der Waals surface area contributed by atoms with Crippen molar-refractivity contribution in [2.24, 2.45) is 10.9 Å². The summed E-state index contributed by atoms with van der Waals surface area (Å²) >= 11 is 0. The summed E-state index contributed by atoms with van der Waals surface area (Å²) in [6, 6.07) is 2.43. The molecule has 0 amide bonds. The molecule has 4 rings (SSSR count). The second-order valence-corrected chi connectivity index (χ2v) is 7.57. The van der Waals surface area contributed by atoms with E-state index in [0.29, 0.717) is 18.4 Å². The van der Waals surface area contributed by atoms with Crippen molar-refractivity contribution in [3.05, 3.63) is 42.1 Å². The second kappa shape index (κ2) is 9.73. The van der Waals surface area contributed by atoms with Crippen LogP contribution in [0.2, 0.25) is 0 Å². The predicted octanol–water partition coefficient (Wildman–Crippen LogP) is 1.25. The lowest BCUT2D eigenvalue weighted by Crippen LogP contribution is -2.38. The van der Waals surface area contributed by atoms with E-state index >= 15 is 0 Å². The number of allylic oxidation sites excluding steroid dienone is 2. The number of aromatic nitrogens is 2. The first-order valence-corrected chi connectivity index (χ1v) is 10.3. The van der Waals surface area contributed by atoms with Gasteiger partial charge in [0, 0.05) is 58.1 Å². The summed E-state index contributed by atoms with van der Waals surface area (Å²) < 4.78 is 11.2. The van der Waals surface area contributed by atoms with E-state index in [1.165, 1.54) is 0 Å². The Morgan fingerprint density at radius 2 is 2.07 bits per heavy atom. The van der Waals surface area contributed by atoms with Crippen molar-refractivity contribution in [3.63, 3.8) is 0 Å². The largest absolute Gasteiger partial charge is 0.462 e. The van der Waals surface area contributed by atoms with Crippen LogP contribution in [0.15, 0.2) is 47.1 Å². The molecule has 0 aromatic carbocycles. The third kappa shape index (κ3) is 5.17. The van der Waals surface area contributed by atoms with Gasteiger partial charge in [0.15, 0.2) is 5.82 Å². The number of hydrogen-bond donors (Lipinski definition) is 2. The molecule has 2 atom stereocenters. The van der Waals surface area contributed by atoms with E-state index < -0.39 is 0 Å². The van der Waals surface area contributed by atoms with Gasteiger partial charge >= 0.3 is 6.01 Å². The first-order valence-electron chi connectivity index (χ1n) is 10.3. The molecular formula is C21H29N7O2. The number of aliphatic imine (C=N–C) groups is 1. The summed E-state index contributed by atoms with van der Waals surface area (Å²) in [5.41, 5.74) is 7.38. The zero-order valence-corrected chi connectivity index (χ0v) is 17.5. The van der Waals surface area contributed by atoms with Gasteiger partial charge in [-0.05, 0) is 5.57 Å². The van der Waals surface area contributed by atoms with Gasteiger partial charge in [0.05, 0.1) is 19.3 Å². The van der Waals surface area contributed by atoms with Gasteiger partial charge in [-0.2, -0.15) is 9.97 Å². The Kier molecular flexibility index (Phi) is 6.60. The van der Waals surface area contributed by atoms with Crippen molar-refractivity contribution in [1.29, 1.82) is 0 Å². The van der Waals surface area contributed by atoms with E-state index in [9.17, 15) is 0 Å². The average molecular weight is 412 g/mol. The van der Waals surface area contributed by atoms with Crippen LogP contribution in [0.25, 0.3) is 0 Å². The highest BCUT2D eigenvalue weighted by Crippen LogP contribution is 2.27. The van der Waals surface area contributed by atoms with Crippen molar-refractivity contribution in [1.82, 2.24) is 20.3 Å². The number of fused-ring (bicyclic) bond motifs is 1. The monoisotopic (exact) mass is 411 g/mol. The molecule has 9 heteroatoms. The average Bonchev–Trinajstić information content (AvgIpc) is 3.18. The third-order valence-corrected chi connectivity index (χ3v) is 5.22. The number of hydrazine groups is 1. The van der Waals surface area contributed by atoms with Crippen LogP contribution in [-0.4, -0.2) is 80.7 Å². The first-order chi connectivity index (χ1) is 14.7. The van der Waals surface area contributed by atoms with Crippen molar-refractivity contribution >= 4 is 17.9 Å². The molecule has 1 fully saturated rings. The van der Waals surface area contributed by atoms with Crippen LogP contribution in [0.4, 0.5) is 11.6 Å². The van der Waals surface area contributed by atoms with Gasteiger partial charge in [-0.15, -0.1) is 0 Å². The summed E-state index contributed by atoms with van der Waals surface area (Å²) in [4.78, 5) is 17.7. The normalized spacial score (nSPS) is 24.1. The number of anilines is 2. The molecule has 3 aliphatic rings. The Morgan fingerprint density at radius 1 is 1.23 bits per heavy atom.